The average molecular weight is 331 g/mol. The zero-order chi connectivity index (χ0) is 15.5. The summed E-state index contributed by atoms with van der Waals surface area (Å²) in [7, 11) is 0. The van der Waals surface area contributed by atoms with E-state index in [0.29, 0.717) is 24.9 Å². The Bertz CT molecular complexity index is 725. The maximum absolute atomic E-state index is 5.82. The molecule has 23 heavy (non-hydrogen) atoms. The number of aromatic nitrogens is 4. The highest BCUT2D eigenvalue weighted by Crippen LogP contribution is 2.21. The summed E-state index contributed by atoms with van der Waals surface area (Å²) in [5.74, 6) is 1.31. The molecule has 0 radical (unpaired) electrons. The van der Waals surface area contributed by atoms with Crippen molar-refractivity contribution in [2.75, 3.05) is 19.7 Å². The SMILES string of the molecule is c1csc(-c2noc(CN3CCO[C@@H](Cn4cccn4)C3)n2)c1. The fourth-order valence-corrected chi connectivity index (χ4v) is 3.32. The molecule has 0 bridgehead atoms. The lowest BCUT2D eigenvalue weighted by Crippen LogP contribution is -2.43. The largest absolute Gasteiger partial charge is 0.374 e. The van der Waals surface area contributed by atoms with Gasteiger partial charge in [0.1, 0.15) is 0 Å². The third-order valence-corrected chi connectivity index (χ3v) is 4.61. The van der Waals surface area contributed by atoms with Gasteiger partial charge < -0.3 is 9.26 Å². The van der Waals surface area contributed by atoms with Crippen LogP contribution in [0.4, 0.5) is 0 Å². The molecule has 4 heterocycles. The smallest absolute Gasteiger partial charge is 0.241 e. The predicted octanol–water partition coefficient (Wildman–Crippen LogP) is 1.90. The molecule has 0 aliphatic carbocycles. The van der Waals surface area contributed by atoms with Gasteiger partial charge in [-0.2, -0.15) is 10.1 Å². The quantitative estimate of drug-likeness (QED) is 0.711. The highest BCUT2D eigenvalue weighted by molar-refractivity contribution is 7.13. The number of rotatable bonds is 5. The second-order valence-electron chi connectivity index (χ2n) is 5.45. The highest BCUT2D eigenvalue weighted by Gasteiger charge is 2.23. The molecule has 1 fully saturated rings. The van der Waals surface area contributed by atoms with Crippen LogP contribution in [-0.2, 0) is 17.8 Å². The van der Waals surface area contributed by atoms with E-state index >= 15 is 0 Å². The van der Waals surface area contributed by atoms with Crippen molar-refractivity contribution in [2.45, 2.75) is 19.2 Å². The highest BCUT2D eigenvalue weighted by atomic mass is 32.1. The summed E-state index contributed by atoms with van der Waals surface area (Å²) in [6.07, 6.45) is 3.86. The number of ether oxygens (including phenoxy) is 1. The summed E-state index contributed by atoms with van der Waals surface area (Å²) < 4.78 is 13.1. The van der Waals surface area contributed by atoms with Crippen LogP contribution < -0.4 is 0 Å². The van der Waals surface area contributed by atoms with Crippen LogP contribution in [0.2, 0.25) is 0 Å². The van der Waals surface area contributed by atoms with E-state index in [1.807, 2.05) is 34.5 Å². The van der Waals surface area contributed by atoms with Crippen molar-refractivity contribution in [2.24, 2.45) is 0 Å². The number of hydrogen-bond acceptors (Lipinski definition) is 7. The van der Waals surface area contributed by atoms with Crippen molar-refractivity contribution in [1.29, 1.82) is 0 Å². The first-order valence-corrected chi connectivity index (χ1v) is 8.42. The molecule has 120 valence electrons. The Morgan fingerprint density at radius 1 is 1.35 bits per heavy atom. The summed E-state index contributed by atoms with van der Waals surface area (Å²) in [5.41, 5.74) is 0. The van der Waals surface area contributed by atoms with E-state index in [9.17, 15) is 0 Å². The number of nitrogens with zero attached hydrogens (tertiary/aromatic N) is 5. The van der Waals surface area contributed by atoms with Crippen LogP contribution in [0.5, 0.6) is 0 Å². The molecule has 1 aliphatic heterocycles. The molecule has 0 saturated carbocycles. The Morgan fingerprint density at radius 2 is 2.35 bits per heavy atom. The van der Waals surface area contributed by atoms with E-state index < -0.39 is 0 Å². The van der Waals surface area contributed by atoms with Crippen LogP contribution in [0, 0.1) is 0 Å². The molecule has 0 unspecified atom stereocenters. The average Bonchev–Trinajstić information content (AvgIpc) is 3.30. The van der Waals surface area contributed by atoms with Gasteiger partial charge in [-0.25, -0.2) is 0 Å². The van der Waals surface area contributed by atoms with Gasteiger partial charge in [-0.15, -0.1) is 11.3 Å². The molecular formula is C15H17N5O2S. The first-order valence-electron chi connectivity index (χ1n) is 7.55. The lowest BCUT2D eigenvalue weighted by Gasteiger charge is -2.31. The van der Waals surface area contributed by atoms with Crippen LogP contribution in [0.25, 0.3) is 10.7 Å². The number of morpholine rings is 1. The van der Waals surface area contributed by atoms with Crippen LogP contribution in [0.3, 0.4) is 0 Å². The van der Waals surface area contributed by atoms with E-state index in [4.69, 9.17) is 9.26 Å². The second-order valence-corrected chi connectivity index (χ2v) is 6.39. The van der Waals surface area contributed by atoms with Gasteiger partial charge in [-0.05, 0) is 17.5 Å². The van der Waals surface area contributed by atoms with Crippen molar-refractivity contribution >= 4 is 11.3 Å². The molecule has 8 heteroatoms. The zero-order valence-corrected chi connectivity index (χ0v) is 13.4. The molecule has 3 aromatic heterocycles. The fraction of sp³-hybridized carbons (Fsp3) is 0.400. The van der Waals surface area contributed by atoms with Crippen molar-refractivity contribution in [1.82, 2.24) is 24.8 Å². The molecule has 0 aromatic carbocycles. The van der Waals surface area contributed by atoms with Crippen molar-refractivity contribution in [3.63, 3.8) is 0 Å². The molecule has 0 amide bonds. The molecule has 1 aliphatic rings. The third-order valence-electron chi connectivity index (χ3n) is 3.74. The van der Waals surface area contributed by atoms with Crippen LogP contribution >= 0.6 is 11.3 Å². The van der Waals surface area contributed by atoms with Gasteiger partial charge in [0.15, 0.2) is 0 Å². The first-order chi connectivity index (χ1) is 11.4. The van der Waals surface area contributed by atoms with Crippen LogP contribution in [0.15, 0.2) is 40.5 Å². The Balaban J connectivity index is 1.37. The monoisotopic (exact) mass is 331 g/mol. The summed E-state index contributed by atoms with van der Waals surface area (Å²) in [5, 5.41) is 10.3. The van der Waals surface area contributed by atoms with Crippen LogP contribution in [-0.4, -0.2) is 50.6 Å². The molecule has 1 atom stereocenters. The lowest BCUT2D eigenvalue weighted by molar-refractivity contribution is -0.0426. The minimum Gasteiger partial charge on any atom is -0.374 e. The van der Waals surface area contributed by atoms with E-state index in [-0.39, 0.29) is 6.10 Å². The Morgan fingerprint density at radius 3 is 3.17 bits per heavy atom. The maximum Gasteiger partial charge on any atom is 0.241 e. The van der Waals surface area contributed by atoms with E-state index in [2.05, 4.69) is 20.1 Å². The van der Waals surface area contributed by atoms with E-state index in [0.717, 1.165) is 24.5 Å². The minimum absolute atomic E-state index is 0.128. The van der Waals surface area contributed by atoms with E-state index in [1.165, 1.54) is 0 Å². The Labute approximate surface area is 137 Å². The molecular weight excluding hydrogens is 314 g/mol. The number of hydrogen-bond donors (Lipinski definition) is 0. The molecule has 0 N–H and O–H groups in total. The number of thiophene rings is 1. The normalized spacial score (nSPS) is 19.2. The van der Waals surface area contributed by atoms with Gasteiger partial charge in [0.25, 0.3) is 0 Å². The minimum atomic E-state index is 0.128. The fourth-order valence-electron chi connectivity index (χ4n) is 2.67. The second kappa shape index (κ2) is 6.61. The first kappa shape index (κ1) is 14.6. The van der Waals surface area contributed by atoms with Gasteiger partial charge >= 0.3 is 0 Å². The summed E-state index contributed by atoms with van der Waals surface area (Å²) in [6.45, 7) is 3.81. The Kier molecular flexibility index (Phi) is 4.18. The van der Waals surface area contributed by atoms with Crippen molar-refractivity contribution < 1.29 is 9.26 Å². The van der Waals surface area contributed by atoms with Crippen LogP contribution in [0.1, 0.15) is 5.89 Å². The topological polar surface area (TPSA) is 69.2 Å². The van der Waals surface area contributed by atoms with Gasteiger partial charge in [0, 0.05) is 25.5 Å². The van der Waals surface area contributed by atoms with Gasteiger partial charge in [0.2, 0.25) is 11.7 Å². The standard InChI is InChI=1S/C15H17N5O2S/c1-3-13(23-8-1)15-17-14(22-18-15)11-19-6-7-21-12(9-19)10-20-5-2-4-16-20/h1-5,8,12H,6-7,9-11H2/t12-/m1/s1. The van der Waals surface area contributed by atoms with Gasteiger partial charge in [-0.1, -0.05) is 11.2 Å². The summed E-state index contributed by atoms with van der Waals surface area (Å²) >= 11 is 1.61. The third kappa shape index (κ3) is 3.49. The molecule has 3 aromatic rings. The lowest BCUT2D eigenvalue weighted by atomic mass is 10.2. The van der Waals surface area contributed by atoms with Crippen molar-refractivity contribution in [3.05, 3.63) is 41.9 Å². The summed E-state index contributed by atoms with van der Waals surface area (Å²) in [4.78, 5) is 7.79. The predicted molar refractivity (Wildman–Crippen MR) is 84.9 cm³/mol. The summed E-state index contributed by atoms with van der Waals surface area (Å²) in [6, 6.07) is 5.90. The van der Waals surface area contributed by atoms with Gasteiger partial charge in [0.05, 0.1) is 30.7 Å². The van der Waals surface area contributed by atoms with Crippen molar-refractivity contribution in [3.8, 4) is 10.7 Å². The maximum atomic E-state index is 5.82. The molecule has 0 spiro atoms. The Hall–Kier alpha value is -2.03. The zero-order valence-electron chi connectivity index (χ0n) is 12.5. The molecule has 7 nitrogen and oxygen atoms in total. The molecule has 4 rings (SSSR count). The van der Waals surface area contributed by atoms with E-state index in [1.54, 1.807) is 17.5 Å². The molecule has 1 saturated heterocycles. The van der Waals surface area contributed by atoms with Gasteiger partial charge in [-0.3, -0.25) is 9.58 Å².